The van der Waals surface area contributed by atoms with E-state index in [1.165, 1.54) is 30.3 Å². The molecule has 184 valence electrons. The van der Waals surface area contributed by atoms with E-state index in [0.29, 0.717) is 18.3 Å². The van der Waals surface area contributed by atoms with Crippen LogP contribution in [0, 0.1) is 11.7 Å². The molecule has 0 bridgehead atoms. The van der Waals surface area contributed by atoms with Gasteiger partial charge in [-0.3, -0.25) is 4.79 Å². The molecule has 2 aromatic heterocycles. The number of carbonyl (C=O) groups is 1. The zero-order valence-electron chi connectivity index (χ0n) is 19.4. The van der Waals surface area contributed by atoms with Gasteiger partial charge in [0.2, 0.25) is 0 Å². The Labute approximate surface area is 208 Å². The summed E-state index contributed by atoms with van der Waals surface area (Å²) >= 11 is 6.07. The van der Waals surface area contributed by atoms with Crippen molar-refractivity contribution in [1.29, 1.82) is 0 Å². The van der Waals surface area contributed by atoms with Crippen LogP contribution in [0.1, 0.15) is 37.6 Å². The van der Waals surface area contributed by atoms with E-state index in [1.54, 1.807) is 18.3 Å². The molecule has 35 heavy (non-hydrogen) atoms. The Kier molecular flexibility index (Phi) is 6.70. The first-order valence-corrected chi connectivity index (χ1v) is 12.8. The molecule has 8 nitrogen and oxygen atoms in total. The monoisotopic (exact) mass is 517 g/mol. The molecule has 1 amide bonds. The van der Waals surface area contributed by atoms with Crippen LogP contribution < -0.4 is 14.9 Å². The number of hydrogen-bond acceptors (Lipinski definition) is 7. The lowest BCUT2D eigenvalue weighted by Crippen LogP contribution is -2.41. The molecule has 1 aliphatic heterocycles. The third-order valence-corrected chi connectivity index (χ3v) is 7.34. The molecule has 1 aliphatic rings. The van der Waals surface area contributed by atoms with Crippen molar-refractivity contribution < 1.29 is 17.6 Å². The van der Waals surface area contributed by atoms with Crippen LogP contribution in [-0.4, -0.2) is 36.4 Å². The average molecular weight is 518 g/mol. The maximum atomic E-state index is 13.6. The molecule has 11 heteroatoms. The van der Waals surface area contributed by atoms with E-state index in [0.717, 1.165) is 12.5 Å². The van der Waals surface area contributed by atoms with E-state index in [9.17, 15) is 17.6 Å². The van der Waals surface area contributed by atoms with Gasteiger partial charge in [0.25, 0.3) is 15.9 Å². The fourth-order valence-electron chi connectivity index (χ4n) is 4.34. The van der Waals surface area contributed by atoms with E-state index in [-0.39, 0.29) is 32.7 Å². The molecule has 2 N–H and O–H groups in total. The highest BCUT2D eigenvalue weighted by atomic mass is 35.5. The van der Waals surface area contributed by atoms with E-state index in [1.807, 2.05) is 4.90 Å². The number of pyridine rings is 2. The predicted octanol–water partition coefficient (Wildman–Crippen LogP) is 4.76. The third-order valence-electron chi connectivity index (χ3n) is 5.78. The highest BCUT2D eigenvalue weighted by Crippen LogP contribution is 2.37. The first kappa shape index (κ1) is 24.9. The number of rotatable bonds is 6. The van der Waals surface area contributed by atoms with Crippen molar-refractivity contribution in [2.45, 2.75) is 37.8 Å². The number of aromatic nitrogens is 2. The van der Waals surface area contributed by atoms with Crippen LogP contribution in [0.2, 0.25) is 5.02 Å². The van der Waals surface area contributed by atoms with Gasteiger partial charge in [-0.1, -0.05) is 24.6 Å². The molecular formula is C24H25ClFN5O3S. The molecule has 0 spiro atoms. The summed E-state index contributed by atoms with van der Waals surface area (Å²) in [6, 6.07) is 11.1. The lowest BCUT2D eigenvalue weighted by atomic mass is 9.97. The minimum Gasteiger partial charge on any atom is -0.351 e. The molecule has 1 unspecified atom stereocenters. The van der Waals surface area contributed by atoms with Crippen LogP contribution in [0.4, 0.5) is 21.7 Å². The van der Waals surface area contributed by atoms with E-state index in [4.69, 9.17) is 11.6 Å². The number of amides is 1. The van der Waals surface area contributed by atoms with Gasteiger partial charge in [-0.05, 0) is 68.7 Å². The highest BCUT2D eigenvalue weighted by Gasteiger charge is 2.39. The zero-order chi connectivity index (χ0) is 25.4. The first-order chi connectivity index (χ1) is 16.5. The van der Waals surface area contributed by atoms with Crippen molar-refractivity contribution in [3.05, 3.63) is 71.1 Å². The Morgan fingerprint density at radius 3 is 2.69 bits per heavy atom. The standard InChI is InChI=1S/C24H25ClFN5O3S/c1-15-13-24(2,3)31(14-15)22-17(6-5-11-27-22)23(32)30-35(33,34)21-8-4-7-20(29-21)28-19-12-16(26)9-10-18(19)25/h4-12,15H,13-14H2,1-3H3,(H,28,29)(H,30,32). The number of sulfonamides is 1. The van der Waals surface area contributed by atoms with Gasteiger partial charge in [-0.2, -0.15) is 8.42 Å². The number of nitrogens with one attached hydrogen (secondary N) is 2. The van der Waals surface area contributed by atoms with Crippen LogP contribution in [0.5, 0.6) is 0 Å². The molecule has 0 aliphatic carbocycles. The van der Waals surface area contributed by atoms with Gasteiger partial charge < -0.3 is 10.2 Å². The Morgan fingerprint density at radius 1 is 1.20 bits per heavy atom. The molecule has 1 saturated heterocycles. The molecule has 1 atom stereocenters. The average Bonchev–Trinajstić information content (AvgIpc) is 3.08. The lowest BCUT2D eigenvalue weighted by Gasteiger charge is -2.33. The van der Waals surface area contributed by atoms with Crippen LogP contribution in [0.15, 0.2) is 59.8 Å². The maximum Gasteiger partial charge on any atom is 0.281 e. The van der Waals surface area contributed by atoms with Crippen molar-refractivity contribution >= 4 is 44.9 Å². The maximum absolute atomic E-state index is 13.6. The Bertz CT molecular complexity index is 1380. The van der Waals surface area contributed by atoms with Crippen molar-refractivity contribution in [2.24, 2.45) is 5.92 Å². The number of benzene rings is 1. The van der Waals surface area contributed by atoms with Gasteiger partial charge in [0, 0.05) is 18.3 Å². The number of carbonyl (C=O) groups excluding carboxylic acids is 1. The summed E-state index contributed by atoms with van der Waals surface area (Å²) in [5, 5.41) is 2.64. The van der Waals surface area contributed by atoms with Crippen molar-refractivity contribution in [3.63, 3.8) is 0 Å². The molecular weight excluding hydrogens is 493 g/mol. The van der Waals surface area contributed by atoms with E-state index >= 15 is 0 Å². The molecule has 0 radical (unpaired) electrons. The third kappa shape index (κ3) is 5.38. The van der Waals surface area contributed by atoms with Gasteiger partial charge in [-0.15, -0.1) is 0 Å². The predicted molar refractivity (Wildman–Crippen MR) is 133 cm³/mol. The Balaban J connectivity index is 1.59. The second-order valence-corrected chi connectivity index (χ2v) is 11.2. The molecule has 1 aromatic carbocycles. The van der Waals surface area contributed by atoms with Crippen LogP contribution >= 0.6 is 11.6 Å². The largest absolute Gasteiger partial charge is 0.351 e. The fraction of sp³-hybridized carbons (Fsp3) is 0.292. The van der Waals surface area contributed by atoms with Crippen LogP contribution in [-0.2, 0) is 10.0 Å². The zero-order valence-corrected chi connectivity index (χ0v) is 21.0. The number of halogens is 2. The van der Waals surface area contributed by atoms with Crippen molar-refractivity contribution in [3.8, 4) is 0 Å². The summed E-state index contributed by atoms with van der Waals surface area (Å²) in [7, 11) is -4.32. The van der Waals surface area contributed by atoms with Gasteiger partial charge in [0.15, 0.2) is 5.03 Å². The summed E-state index contributed by atoms with van der Waals surface area (Å²) in [5.74, 6) is -0.383. The Hall–Kier alpha value is -3.24. The molecule has 3 aromatic rings. The second kappa shape index (κ2) is 9.43. The van der Waals surface area contributed by atoms with Crippen molar-refractivity contribution in [1.82, 2.24) is 14.7 Å². The smallest absolute Gasteiger partial charge is 0.281 e. The normalized spacial score (nSPS) is 17.3. The molecule has 4 rings (SSSR count). The van der Waals surface area contributed by atoms with E-state index in [2.05, 4.69) is 40.8 Å². The van der Waals surface area contributed by atoms with Crippen LogP contribution in [0.25, 0.3) is 0 Å². The van der Waals surface area contributed by atoms with Gasteiger partial charge in [0.1, 0.15) is 17.5 Å². The van der Waals surface area contributed by atoms with Gasteiger partial charge >= 0.3 is 0 Å². The second-order valence-electron chi connectivity index (χ2n) is 9.15. The molecule has 0 saturated carbocycles. The minimum atomic E-state index is -4.32. The first-order valence-electron chi connectivity index (χ1n) is 11.0. The van der Waals surface area contributed by atoms with Crippen molar-refractivity contribution in [2.75, 3.05) is 16.8 Å². The minimum absolute atomic E-state index is 0.114. The highest BCUT2D eigenvalue weighted by molar-refractivity contribution is 7.90. The van der Waals surface area contributed by atoms with Crippen LogP contribution in [0.3, 0.4) is 0 Å². The summed E-state index contributed by atoms with van der Waals surface area (Å²) in [4.78, 5) is 23.6. The SMILES string of the molecule is CC1CN(c2ncccc2C(=O)NS(=O)(=O)c2cccc(Nc3cc(F)ccc3Cl)n2)C(C)(C)C1. The van der Waals surface area contributed by atoms with E-state index < -0.39 is 21.7 Å². The summed E-state index contributed by atoms with van der Waals surface area (Å²) in [6.45, 7) is 6.96. The Morgan fingerprint density at radius 2 is 1.97 bits per heavy atom. The summed E-state index contributed by atoms with van der Waals surface area (Å²) in [6.07, 6.45) is 2.50. The molecule has 3 heterocycles. The quantitative estimate of drug-likeness (QED) is 0.486. The van der Waals surface area contributed by atoms with Gasteiger partial charge in [0.05, 0.1) is 16.3 Å². The fourth-order valence-corrected chi connectivity index (χ4v) is 5.44. The number of nitrogens with zero attached hydrogens (tertiary/aromatic N) is 3. The summed E-state index contributed by atoms with van der Waals surface area (Å²) in [5.41, 5.74) is 0.140. The lowest BCUT2D eigenvalue weighted by molar-refractivity contribution is 0.0981. The van der Waals surface area contributed by atoms with Gasteiger partial charge in [-0.25, -0.2) is 19.1 Å². The molecule has 1 fully saturated rings. The number of anilines is 3. The number of hydrogen-bond donors (Lipinski definition) is 2. The topological polar surface area (TPSA) is 104 Å². The summed E-state index contributed by atoms with van der Waals surface area (Å²) < 4.78 is 41.7.